The van der Waals surface area contributed by atoms with Gasteiger partial charge in [0.25, 0.3) is 16.7 Å². The third-order valence-electron chi connectivity index (χ3n) is 3.80. The van der Waals surface area contributed by atoms with Gasteiger partial charge in [0, 0.05) is 25.1 Å². The van der Waals surface area contributed by atoms with E-state index in [4.69, 9.17) is 0 Å². The minimum absolute atomic E-state index is 0.00679. The van der Waals surface area contributed by atoms with Gasteiger partial charge in [-0.25, -0.2) is 4.39 Å². The highest BCUT2D eigenvalue weighted by Gasteiger charge is 2.15. The Morgan fingerprint density at radius 3 is 2.41 bits per heavy atom. The summed E-state index contributed by atoms with van der Waals surface area (Å²) >= 11 is 0.980. The number of aromatic nitrogens is 2. The van der Waals surface area contributed by atoms with Crippen molar-refractivity contribution in [3.63, 3.8) is 0 Å². The van der Waals surface area contributed by atoms with Crippen LogP contribution in [0.15, 0.2) is 70.4 Å². The van der Waals surface area contributed by atoms with Crippen molar-refractivity contribution in [3.8, 4) is 5.69 Å². The topological polar surface area (TPSA) is 84.3 Å². The van der Waals surface area contributed by atoms with Crippen LogP contribution in [0.1, 0.15) is 10.5 Å². The number of carbonyl (C=O) groups is 2. The average molecular weight is 412 g/mol. The molecule has 7 nitrogen and oxygen atoms in total. The minimum Gasteiger partial charge on any atom is -0.339 e. The number of carbonyl (C=O) groups excluding carboxylic acids is 2. The van der Waals surface area contributed by atoms with Crippen LogP contribution >= 0.6 is 11.8 Å². The zero-order valence-electron chi connectivity index (χ0n) is 15.6. The summed E-state index contributed by atoms with van der Waals surface area (Å²) in [5.74, 6) is -0.997. The fourth-order valence-electron chi connectivity index (χ4n) is 2.33. The Kier molecular flexibility index (Phi) is 6.08. The van der Waals surface area contributed by atoms with Crippen molar-refractivity contribution in [3.05, 3.63) is 82.5 Å². The van der Waals surface area contributed by atoms with E-state index in [0.717, 1.165) is 16.4 Å². The molecule has 29 heavy (non-hydrogen) atoms. The summed E-state index contributed by atoms with van der Waals surface area (Å²) in [6.07, 6.45) is 0. The van der Waals surface area contributed by atoms with Crippen LogP contribution < -0.4 is 10.9 Å². The molecule has 1 heterocycles. The van der Waals surface area contributed by atoms with E-state index < -0.39 is 17.3 Å². The second kappa shape index (κ2) is 8.70. The molecule has 0 atom stereocenters. The molecule has 0 bridgehead atoms. The van der Waals surface area contributed by atoms with E-state index in [1.165, 1.54) is 41.3 Å². The maximum atomic E-state index is 13.1. The van der Waals surface area contributed by atoms with E-state index in [9.17, 15) is 18.8 Å². The molecule has 1 N–H and O–H groups in total. The Hall–Kier alpha value is -3.46. The molecule has 0 radical (unpaired) electrons. The predicted octanol–water partition coefficient (Wildman–Crippen LogP) is 3.40. The number of hydrogen-bond acceptors (Lipinski definition) is 5. The van der Waals surface area contributed by atoms with E-state index in [2.05, 4.69) is 10.4 Å². The zero-order chi connectivity index (χ0) is 21.0. The van der Waals surface area contributed by atoms with E-state index in [1.807, 2.05) is 0 Å². The Morgan fingerprint density at radius 2 is 1.72 bits per heavy atom. The summed E-state index contributed by atoms with van der Waals surface area (Å²) in [4.78, 5) is 38.8. The lowest BCUT2D eigenvalue weighted by molar-refractivity contribution is 0.102. The van der Waals surface area contributed by atoms with Crippen molar-refractivity contribution in [2.24, 2.45) is 0 Å². The highest BCUT2D eigenvalue weighted by Crippen LogP contribution is 2.28. The molecule has 2 aromatic carbocycles. The lowest BCUT2D eigenvalue weighted by Crippen LogP contribution is -2.25. The van der Waals surface area contributed by atoms with E-state index in [1.54, 1.807) is 38.4 Å². The molecule has 9 heteroatoms. The van der Waals surface area contributed by atoms with Crippen molar-refractivity contribution in [1.82, 2.24) is 14.7 Å². The molecule has 0 saturated heterocycles. The molecule has 0 aliphatic carbocycles. The molecule has 0 aliphatic rings. The summed E-state index contributed by atoms with van der Waals surface area (Å²) in [7, 11) is 3.28. The summed E-state index contributed by atoms with van der Waals surface area (Å²) in [6.45, 7) is 0. The summed E-state index contributed by atoms with van der Waals surface area (Å²) in [5, 5.41) is 6.60. The van der Waals surface area contributed by atoms with Gasteiger partial charge < -0.3 is 10.2 Å². The maximum Gasteiger partial charge on any atom is 0.286 e. The van der Waals surface area contributed by atoms with Gasteiger partial charge in [-0.2, -0.15) is 9.78 Å². The molecule has 0 unspecified atom stereocenters. The largest absolute Gasteiger partial charge is 0.339 e. The number of anilines is 1. The number of nitrogens with zero attached hydrogens (tertiary/aromatic N) is 3. The maximum absolute atomic E-state index is 13.1. The van der Waals surface area contributed by atoms with E-state index in [-0.39, 0.29) is 10.9 Å². The number of thioether (sulfide) groups is 1. The molecule has 0 spiro atoms. The molecule has 3 rings (SSSR count). The fourth-order valence-corrected chi connectivity index (χ4v) is 3.08. The van der Waals surface area contributed by atoms with Gasteiger partial charge in [0.15, 0.2) is 0 Å². The van der Waals surface area contributed by atoms with Crippen molar-refractivity contribution in [2.75, 3.05) is 19.4 Å². The van der Waals surface area contributed by atoms with Crippen LogP contribution in [0, 0.1) is 5.82 Å². The molecule has 0 saturated carbocycles. The fraction of sp³-hybridized carbons (Fsp3) is 0.100. The number of amides is 2. The Balaban J connectivity index is 1.87. The SMILES string of the molecule is CN(C)C(=O)Sc1ccccc1NC(=O)c1ccc(=O)n(-c2ccc(F)cc2)n1. The molecule has 3 aromatic rings. The van der Waals surface area contributed by atoms with Gasteiger partial charge in [-0.05, 0) is 54.2 Å². The van der Waals surface area contributed by atoms with Crippen LogP contribution in [0.4, 0.5) is 14.9 Å². The number of benzene rings is 2. The number of rotatable bonds is 4. The van der Waals surface area contributed by atoms with E-state index >= 15 is 0 Å². The second-order valence-electron chi connectivity index (χ2n) is 6.16. The highest BCUT2D eigenvalue weighted by molar-refractivity contribution is 8.13. The molecule has 1 aromatic heterocycles. The molecular weight excluding hydrogens is 395 g/mol. The third-order valence-corrected chi connectivity index (χ3v) is 4.92. The van der Waals surface area contributed by atoms with Gasteiger partial charge in [-0.1, -0.05) is 12.1 Å². The van der Waals surface area contributed by atoms with Crippen LogP contribution in [-0.2, 0) is 0 Å². The standard InChI is InChI=1S/C20H17FN4O3S/c1-24(2)20(28)29-17-6-4-3-5-15(17)22-19(27)16-11-12-18(26)25(23-16)14-9-7-13(21)8-10-14/h3-12H,1-2H3,(H,22,27). The Morgan fingerprint density at radius 1 is 1.03 bits per heavy atom. The van der Waals surface area contributed by atoms with Crippen LogP contribution in [0.3, 0.4) is 0 Å². The molecule has 148 valence electrons. The third kappa shape index (κ3) is 4.88. The van der Waals surface area contributed by atoms with E-state index in [0.29, 0.717) is 16.3 Å². The lowest BCUT2D eigenvalue weighted by atomic mass is 10.3. The minimum atomic E-state index is -0.550. The first kappa shape index (κ1) is 20.3. The monoisotopic (exact) mass is 412 g/mol. The number of halogens is 1. The number of nitrogens with one attached hydrogen (secondary N) is 1. The molecule has 0 aliphatic heterocycles. The Labute approximate surface area is 170 Å². The summed E-state index contributed by atoms with van der Waals surface area (Å²) < 4.78 is 14.1. The van der Waals surface area contributed by atoms with Crippen LogP contribution in [-0.4, -0.2) is 39.9 Å². The van der Waals surface area contributed by atoms with Crippen molar-refractivity contribution >= 4 is 28.6 Å². The zero-order valence-corrected chi connectivity index (χ0v) is 16.4. The van der Waals surface area contributed by atoms with Crippen molar-refractivity contribution < 1.29 is 14.0 Å². The molecule has 0 fully saturated rings. The normalized spacial score (nSPS) is 10.4. The quantitative estimate of drug-likeness (QED) is 0.664. The number of hydrogen-bond donors (Lipinski definition) is 1. The van der Waals surface area contributed by atoms with Gasteiger partial charge in [0.2, 0.25) is 0 Å². The first-order valence-corrected chi connectivity index (χ1v) is 9.32. The predicted molar refractivity (Wildman–Crippen MR) is 109 cm³/mol. The first-order chi connectivity index (χ1) is 13.8. The van der Waals surface area contributed by atoms with Crippen LogP contribution in [0.2, 0.25) is 0 Å². The molecular formula is C20H17FN4O3S. The van der Waals surface area contributed by atoms with Crippen LogP contribution in [0.5, 0.6) is 0 Å². The van der Waals surface area contributed by atoms with Crippen LogP contribution in [0.25, 0.3) is 5.69 Å². The average Bonchev–Trinajstić information content (AvgIpc) is 2.70. The summed E-state index contributed by atoms with van der Waals surface area (Å²) in [6, 6.07) is 14.6. The van der Waals surface area contributed by atoms with Gasteiger partial charge in [-0.3, -0.25) is 14.4 Å². The Bertz CT molecular complexity index is 1110. The smallest absolute Gasteiger partial charge is 0.286 e. The van der Waals surface area contributed by atoms with Gasteiger partial charge in [0.1, 0.15) is 11.5 Å². The van der Waals surface area contributed by atoms with Gasteiger partial charge >= 0.3 is 0 Å². The second-order valence-corrected chi connectivity index (χ2v) is 7.15. The van der Waals surface area contributed by atoms with Crippen molar-refractivity contribution in [2.45, 2.75) is 4.90 Å². The highest BCUT2D eigenvalue weighted by atomic mass is 32.2. The first-order valence-electron chi connectivity index (χ1n) is 8.51. The van der Waals surface area contributed by atoms with Gasteiger partial charge in [0.05, 0.1) is 11.4 Å². The van der Waals surface area contributed by atoms with Gasteiger partial charge in [-0.15, -0.1) is 0 Å². The van der Waals surface area contributed by atoms with Crippen molar-refractivity contribution in [1.29, 1.82) is 0 Å². The number of para-hydroxylation sites is 1. The molecule has 2 amide bonds. The summed E-state index contributed by atoms with van der Waals surface area (Å²) in [5.41, 5.74) is 0.311. The lowest BCUT2D eigenvalue weighted by Gasteiger charge is -2.13.